The molecule has 0 amide bonds. The molecule has 118 heavy (non-hydrogen) atoms. The minimum Gasteiger partial charge on any atom is -0.497 e. The standard InChI is InChI=1S/C25H26O4.C20H24O4.C20H28O2.C19H22O3.C19H22O2/c1-19(2)21-9-11-24(12-10-21)28-20(3)26-17-18-27-22-13-15-25(16-14-22)29-23-7-5-4-6-8-23;1-15(2)17-5-7-20(8-6-17)24-16(3)22-13-14-23-19-11-9-18(21-4)10-12-19;1-14(2)17-6-8-20(9-7-17)22-15(3)21-11-10-19-13-16-4-5-18(19)12-16;1-15(2)17-9-11-19(12-10-17)22-16(3)20-13-14-21-18-7-5-4-6-8-18;1-15(2)18-9-11-19(12-10-18)21-16(3)20-14-13-17-7-5-4-6-8-17/h4-16,20H,1,17-18H2,2-3H3;5-12,16H,1,13-14H2,2-4H3;6-9,15-16,18-19H,1,4-5,10-13H2,2-3H3;4-12,16H,1,13-14H2,2-3H3;4-12,16H,1,13-14H2,2-3H3. The van der Waals surface area contributed by atoms with Gasteiger partial charge in [0, 0.05) is 0 Å². The molecule has 624 valence electrons. The number of hydrogen-bond donors (Lipinski definition) is 0. The first kappa shape index (κ1) is 92.2. The molecule has 2 saturated carbocycles. The van der Waals surface area contributed by atoms with Crippen LogP contribution in [0.15, 0.2) is 294 Å². The first-order valence-corrected chi connectivity index (χ1v) is 40.8. The predicted molar refractivity (Wildman–Crippen MR) is 479 cm³/mol. The van der Waals surface area contributed by atoms with Crippen LogP contribution in [-0.4, -0.2) is 91.4 Å². The summed E-state index contributed by atoms with van der Waals surface area (Å²) < 4.78 is 84.8. The lowest BCUT2D eigenvalue weighted by Gasteiger charge is -2.22. The maximum atomic E-state index is 5.85. The summed E-state index contributed by atoms with van der Waals surface area (Å²) >= 11 is 0. The first-order valence-electron chi connectivity index (χ1n) is 40.8. The average Bonchev–Trinajstić information content (AvgIpc) is 1.68. The number of methoxy groups -OCH3 is 1. The van der Waals surface area contributed by atoms with Gasteiger partial charge in [0.1, 0.15) is 83.1 Å². The van der Waals surface area contributed by atoms with Gasteiger partial charge in [-0.3, -0.25) is 0 Å². The van der Waals surface area contributed by atoms with Crippen molar-refractivity contribution in [1.29, 1.82) is 0 Å². The molecule has 10 aromatic rings. The van der Waals surface area contributed by atoms with Gasteiger partial charge in [0.05, 0.1) is 40.1 Å². The summed E-state index contributed by atoms with van der Waals surface area (Å²) in [6.45, 7) is 43.2. The Morgan fingerprint density at radius 3 is 0.864 bits per heavy atom. The molecule has 0 spiro atoms. The second kappa shape index (κ2) is 51.0. The van der Waals surface area contributed by atoms with E-state index in [1.165, 1.54) is 37.7 Å². The molecule has 8 unspecified atom stereocenters. The fourth-order valence-corrected chi connectivity index (χ4v) is 12.9. The Bertz CT molecular complexity index is 4500. The van der Waals surface area contributed by atoms with Crippen LogP contribution in [0.25, 0.3) is 27.9 Å². The molecule has 0 aliphatic heterocycles. The van der Waals surface area contributed by atoms with E-state index in [2.05, 4.69) is 45.0 Å². The molecule has 0 saturated heterocycles. The summed E-state index contributed by atoms with van der Waals surface area (Å²) in [5.41, 5.74) is 12.1. The van der Waals surface area contributed by atoms with Crippen LogP contribution in [0.1, 0.15) is 135 Å². The van der Waals surface area contributed by atoms with Gasteiger partial charge in [0.15, 0.2) is 31.5 Å². The Morgan fingerprint density at radius 1 is 0.288 bits per heavy atom. The quantitative estimate of drug-likeness (QED) is 0.0265. The monoisotopic (exact) mass is 1600 g/mol. The average molecular weight is 1600 g/mol. The van der Waals surface area contributed by atoms with Crippen molar-refractivity contribution in [1.82, 2.24) is 0 Å². The summed E-state index contributed by atoms with van der Waals surface area (Å²) in [5.74, 6) is 11.6. The molecule has 0 aromatic heterocycles. The number of allylic oxidation sites excluding steroid dienone is 5. The van der Waals surface area contributed by atoms with E-state index in [0.29, 0.717) is 46.2 Å². The smallest absolute Gasteiger partial charge is 0.197 e. The minimum absolute atomic E-state index is 0.186. The second-order valence-electron chi connectivity index (χ2n) is 29.2. The van der Waals surface area contributed by atoms with Gasteiger partial charge in [0.25, 0.3) is 0 Å². The fourth-order valence-electron chi connectivity index (χ4n) is 12.9. The van der Waals surface area contributed by atoms with Gasteiger partial charge >= 0.3 is 0 Å². The summed E-state index contributed by atoms with van der Waals surface area (Å²) in [7, 11) is 1.64. The van der Waals surface area contributed by atoms with Crippen molar-refractivity contribution < 1.29 is 71.1 Å². The topological polar surface area (TPSA) is 138 Å². The zero-order valence-corrected chi connectivity index (χ0v) is 71.0. The molecule has 8 atom stereocenters. The molecule has 2 aliphatic rings. The number of rotatable bonds is 41. The summed E-state index contributed by atoms with van der Waals surface area (Å²) in [4.78, 5) is 0. The summed E-state index contributed by atoms with van der Waals surface area (Å²) in [5, 5.41) is 0. The SMILES string of the molecule is C=C(C)c1ccc(OC(C)OCCC2CC3CCC2C3)cc1.C=C(C)c1ccc(OC(C)OCCOc2ccc(OC)cc2)cc1.C=C(C)c1ccc(OC(C)OCCOc2ccc(Oc3ccccc3)cc2)cc1.C=C(C)c1ccc(OC(C)OCCOc2ccccc2)cc1.C=C(C)c1ccc(OC(C)OCCc2ccccc2)cc1. The van der Waals surface area contributed by atoms with Crippen LogP contribution in [0.5, 0.6) is 63.2 Å². The zero-order valence-electron chi connectivity index (χ0n) is 71.0. The summed E-state index contributed by atoms with van der Waals surface area (Å²) in [6, 6.07) is 84.0. The molecule has 12 rings (SSSR count). The van der Waals surface area contributed by atoms with Crippen molar-refractivity contribution in [2.75, 3.05) is 60.0 Å². The van der Waals surface area contributed by atoms with Gasteiger partial charge in [0.2, 0.25) is 0 Å². The minimum atomic E-state index is -0.365. The zero-order chi connectivity index (χ0) is 84.2. The number of hydrogen-bond acceptors (Lipinski definition) is 15. The Labute approximate surface area is 702 Å². The molecule has 15 heteroatoms. The third-order valence-electron chi connectivity index (χ3n) is 19.3. The van der Waals surface area contributed by atoms with Crippen molar-refractivity contribution in [2.45, 2.75) is 139 Å². The van der Waals surface area contributed by atoms with Crippen LogP contribution >= 0.6 is 0 Å². The Balaban J connectivity index is 0.000000185. The van der Waals surface area contributed by atoms with Crippen molar-refractivity contribution in [3.05, 3.63) is 327 Å². The van der Waals surface area contributed by atoms with E-state index in [0.717, 1.165) is 150 Å². The van der Waals surface area contributed by atoms with E-state index in [-0.39, 0.29) is 31.5 Å². The maximum Gasteiger partial charge on any atom is 0.197 e. The second-order valence-corrected chi connectivity index (χ2v) is 29.2. The van der Waals surface area contributed by atoms with Gasteiger partial charge in [-0.1, -0.05) is 195 Å². The maximum absolute atomic E-state index is 5.85. The Hall–Kier alpha value is -11.3. The first-order chi connectivity index (χ1) is 57.1. The highest BCUT2D eigenvalue weighted by Gasteiger charge is 2.39. The molecule has 0 radical (unpaired) electrons. The van der Waals surface area contributed by atoms with Crippen LogP contribution in [0.2, 0.25) is 0 Å². The Kier molecular flexibility index (Phi) is 39.9. The van der Waals surface area contributed by atoms with Gasteiger partial charge in [-0.25, -0.2) is 0 Å². The van der Waals surface area contributed by atoms with Crippen LogP contribution in [0, 0.1) is 17.8 Å². The van der Waals surface area contributed by atoms with Crippen molar-refractivity contribution in [3.8, 4) is 63.2 Å². The number of fused-ring (bicyclic) bond motifs is 2. The van der Waals surface area contributed by atoms with Gasteiger partial charge in [-0.15, -0.1) is 0 Å². The number of ether oxygens (including phenoxy) is 15. The van der Waals surface area contributed by atoms with E-state index in [9.17, 15) is 0 Å². The third kappa shape index (κ3) is 35.3. The van der Waals surface area contributed by atoms with Crippen LogP contribution < -0.4 is 47.4 Å². The lowest BCUT2D eigenvalue weighted by Crippen LogP contribution is -2.20. The van der Waals surface area contributed by atoms with Crippen LogP contribution in [0.4, 0.5) is 0 Å². The van der Waals surface area contributed by atoms with E-state index < -0.39 is 0 Å². The van der Waals surface area contributed by atoms with Crippen molar-refractivity contribution in [2.24, 2.45) is 17.8 Å². The van der Waals surface area contributed by atoms with Crippen molar-refractivity contribution in [3.63, 3.8) is 0 Å². The molecule has 2 bridgehead atoms. The van der Waals surface area contributed by atoms with Gasteiger partial charge < -0.3 is 71.1 Å². The highest BCUT2D eigenvalue weighted by Crippen LogP contribution is 2.49. The van der Waals surface area contributed by atoms with Gasteiger partial charge in [-0.05, 0) is 286 Å². The predicted octanol–water partition coefficient (Wildman–Crippen LogP) is 25.4. The molecule has 0 heterocycles. The normalized spacial score (nSPS) is 14.7. The highest BCUT2D eigenvalue weighted by atomic mass is 16.7. The number of benzene rings is 10. The highest BCUT2D eigenvalue weighted by molar-refractivity contribution is 5.64. The number of para-hydroxylation sites is 2. The lowest BCUT2D eigenvalue weighted by molar-refractivity contribution is -0.0741. The third-order valence-corrected chi connectivity index (χ3v) is 19.3. The molecule has 15 nitrogen and oxygen atoms in total. The molecule has 0 N–H and O–H groups in total. The molecule has 10 aromatic carbocycles. The van der Waals surface area contributed by atoms with Gasteiger partial charge in [-0.2, -0.15) is 0 Å². The Morgan fingerprint density at radius 2 is 0.559 bits per heavy atom. The van der Waals surface area contributed by atoms with E-state index >= 15 is 0 Å². The fraction of sp³-hybridized carbons (Fsp3) is 0.320. The molecular weight excluding hydrogens is 1480 g/mol. The van der Waals surface area contributed by atoms with E-state index in [1.54, 1.807) is 7.11 Å². The van der Waals surface area contributed by atoms with E-state index in [4.69, 9.17) is 71.1 Å². The van der Waals surface area contributed by atoms with Crippen LogP contribution in [0.3, 0.4) is 0 Å². The van der Waals surface area contributed by atoms with Crippen molar-refractivity contribution >= 4 is 27.9 Å². The van der Waals surface area contributed by atoms with E-state index in [1.807, 2.05) is 318 Å². The molecular formula is C103H122O15. The van der Waals surface area contributed by atoms with Crippen LogP contribution in [-0.2, 0) is 30.1 Å². The molecule has 2 aliphatic carbocycles. The molecule has 2 fully saturated rings. The largest absolute Gasteiger partial charge is 0.497 e. The summed E-state index contributed by atoms with van der Waals surface area (Å²) in [6.07, 6.45) is 6.45. The lowest BCUT2D eigenvalue weighted by atomic mass is 9.87.